The maximum Gasteiger partial charge on any atom is 0.281 e. The van der Waals surface area contributed by atoms with Crippen LogP contribution in [0.5, 0.6) is 0 Å². The molecule has 0 atom stereocenters. The van der Waals surface area contributed by atoms with Crippen molar-refractivity contribution in [3.05, 3.63) is 38.7 Å². The number of hydrogen-bond acceptors (Lipinski definition) is 5. The van der Waals surface area contributed by atoms with Crippen LogP contribution in [0.1, 0.15) is 28.3 Å². The zero-order chi connectivity index (χ0) is 14.7. The number of hydrazone groups is 1. The van der Waals surface area contributed by atoms with Gasteiger partial charge >= 0.3 is 0 Å². The van der Waals surface area contributed by atoms with Crippen molar-refractivity contribution in [3.8, 4) is 0 Å². The lowest BCUT2D eigenvalue weighted by molar-refractivity contribution is 0.0959. The highest BCUT2D eigenvalue weighted by molar-refractivity contribution is 9.10. The predicted molar refractivity (Wildman–Crippen MR) is 87.2 cm³/mol. The number of nitrogens with zero attached hydrogens (tertiary/aromatic N) is 2. The molecule has 0 spiro atoms. The van der Waals surface area contributed by atoms with E-state index in [-0.39, 0.29) is 5.91 Å². The van der Waals surface area contributed by atoms with Crippen molar-refractivity contribution >= 4 is 45.3 Å². The van der Waals surface area contributed by atoms with E-state index in [0.717, 1.165) is 23.4 Å². The molecule has 1 saturated heterocycles. The summed E-state index contributed by atoms with van der Waals surface area (Å²) in [6.07, 6.45) is 3.89. The zero-order valence-electron chi connectivity index (χ0n) is 11.2. The molecular formula is C14H14BrN3O2S. The molecule has 1 aliphatic rings. The average Bonchev–Trinajstić information content (AvgIpc) is 3.20. The molecule has 3 heterocycles. The van der Waals surface area contributed by atoms with Crippen molar-refractivity contribution < 1.29 is 9.21 Å². The van der Waals surface area contributed by atoms with Gasteiger partial charge in [0.25, 0.3) is 5.91 Å². The van der Waals surface area contributed by atoms with Crippen molar-refractivity contribution in [1.29, 1.82) is 0 Å². The van der Waals surface area contributed by atoms with Crippen LogP contribution in [0, 0.1) is 0 Å². The molecule has 0 saturated carbocycles. The molecule has 2 aromatic rings. The Kier molecular flexibility index (Phi) is 4.40. The number of nitrogens with one attached hydrogen (secondary N) is 1. The highest BCUT2D eigenvalue weighted by atomic mass is 79.9. The largest absolute Gasteiger partial charge is 0.438 e. The van der Waals surface area contributed by atoms with Crippen LogP contribution in [-0.4, -0.2) is 25.2 Å². The van der Waals surface area contributed by atoms with Crippen molar-refractivity contribution in [1.82, 2.24) is 5.43 Å². The quantitative estimate of drug-likeness (QED) is 0.664. The van der Waals surface area contributed by atoms with Crippen molar-refractivity contribution in [3.63, 3.8) is 0 Å². The van der Waals surface area contributed by atoms with Crippen LogP contribution >= 0.6 is 27.3 Å². The van der Waals surface area contributed by atoms with Gasteiger partial charge in [0.15, 0.2) is 5.76 Å². The topological polar surface area (TPSA) is 57.8 Å². The smallest absolute Gasteiger partial charge is 0.281 e. The van der Waals surface area contributed by atoms with E-state index in [1.165, 1.54) is 30.4 Å². The van der Waals surface area contributed by atoms with Gasteiger partial charge in [-0.05, 0) is 40.2 Å². The Labute approximate surface area is 134 Å². The summed E-state index contributed by atoms with van der Waals surface area (Å²) >= 11 is 4.87. The minimum absolute atomic E-state index is 0.216. The zero-order valence-corrected chi connectivity index (χ0v) is 13.6. The van der Waals surface area contributed by atoms with Gasteiger partial charge in [0, 0.05) is 19.2 Å². The molecule has 0 bridgehead atoms. The van der Waals surface area contributed by atoms with Gasteiger partial charge in [-0.1, -0.05) is 6.07 Å². The predicted octanol–water partition coefficient (Wildman–Crippen LogP) is 3.47. The van der Waals surface area contributed by atoms with Crippen LogP contribution in [0.25, 0.3) is 0 Å². The van der Waals surface area contributed by atoms with E-state index in [1.807, 2.05) is 17.5 Å². The summed E-state index contributed by atoms with van der Waals surface area (Å²) in [6, 6.07) is 5.44. The number of carbonyl (C=O) groups is 1. The maximum absolute atomic E-state index is 11.7. The van der Waals surface area contributed by atoms with Crippen molar-refractivity contribution in [2.45, 2.75) is 12.8 Å². The summed E-state index contributed by atoms with van der Waals surface area (Å²) in [4.78, 5) is 14.5. The van der Waals surface area contributed by atoms with Crippen LogP contribution in [0.3, 0.4) is 0 Å². The highest BCUT2D eigenvalue weighted by Crippen LogP contribution is 2.31. The summed E-state index contributed by atoms with van der Waals surface area (Å²) in [7, 11) is 0. The Morgan fingerprint density at radius 2 is 2.29 bits per heavy atom. The first kappa shape index (κ1) is 14.3. The SMILES string of the molecule is O=C(N/N=C/c1cc(Br)c(N2CCCC2)o1)c1cccs1. The summed E-state index contributed by atoms with van der Waals surface area (Å²) in [6.45, 7) is 2.02. The van der Waals surface area contributed by atoms with E-state index in [2.05, 4.69) is 31.4 Å². The van der Waals surface area contributed by atoms with Gasteiger partial charge in [0.2, 0.25) is 5.88 Å². The monoisotopic (exact) mass is 367 g/mol. The third-order valence-corrected chi connectivity index (χ3v) is 4.62. The van der Waals surface area contributed by atoms with Crippen LogP contribution in [-0.2, 0) is 0 Å². The van der Waals surface area contributed by atoms with Crippen LogP contribution < -0.4 is 10.3 Å². The first-order valence-corrected chi connectivity index (χ1v) is 8.32. The Morgan fingerprint density at radius 1 is 1.48 bits per heavy atom. The van der Waals surface area contributed by atoms with Crippen molar-refractivity contribution in [2.75, 3.05) is 18.0 Å². The fourth-order valence-corrected chi connectivity index (χ4v) is 3.36. The molecule has 2 aromatic heterocycles. The normalized spacial score (nSPS) is 15.0. The molecule has 1 aliphatic heterocycles. The molecule has 1 amide bonds. The Morgan fingerprint density at radius 3 is 3.00 bits per heavy atom. The minimum Gasteiger partial charge on any atom is -0.438 e. The fraction of sp³-hybridized carbons (Fsp3) is 0.286. The van der Waals surface area contributed by atoms with Gasteiger partial charge in [-0.25, -0.2) is 5.43 Å². The Bertz CT molecular complexity index is 645. The van der Waals surface area contributed by atoms with E-state index >= 15 is 0 Å². The van der Waals surface area contributed by atoms with E-state index in [0.29, 0.717) is 10.6 Å². The number of hydrogen-bond donors (Lipinski definition) is 1. The molecule has 110 valence electrons. The second kappa shape index (κ2) is 6.44. The minimum atomic E-state index is -0.216. The molecule has 5 nitrogen and oxygen atoms in total. The van der Waals surface area contributed by atoms with Gasteiger partial charge < -0.3 is 9.32 Å². The van der Waals surface area contributed by atoms with E-state index in [4.69, 9.17) is 4.42 Å². The molecule has 21 heavy (non-hydrogen) atoms. The van der Waals surface area contributed by atoms with Crippen LogP contribution in [0.2, 0.25) is 0 Å². The highest BCUT2D eigenvalue weighted by Gasteiger charge is 2.19. The molecule has 0 aliphatic carbocycles. The molecule has 1 N–H and O–H groups in total. The van der Waals surface area contributed by atoms with E-state index in [9.17, 15) is 4.79 Å². The third-order valence-electron chi connectivity index (χ3n) is 3.18. The second-order valence-corrected chi connectivity index (χ2v) is 6.47. The number of amides is 1. The summed E-state index contributed by atoms with van der Waals surface area (Å²) in [5.41, 5.74) is 2.48. The summed E-state index contributed by atoms with van der Waals surface area (Å²) < 4.78 is 6.66. The lowest BCUT2D eigenvalue weighted by Crippen LogP contribution is -2.17. The lowest BCUT2D eigenvalue weighted by Gasteiger charge is -2.13. The standard InChI is InChI=1S/C14H14BrN3O2S/c15-11-8-10(20-14(11)18-5-1-2-6-18)9-16-17-13(19)12-4-3-7-21-12/h3-4,7-9H,1-2,5-6H2,(H,17,19)/b16-9+. The molecule has 7 heteroatoms. The van der Waals surface area contributed by atoms with Crippen LogP contribution in [0.15, 0.2) is 37.6 Å². The third kappa shape index (κ3) is 3.36. The first-order valence-electron chi connectivity index (χ1n) is 6.65. The summed E-state index contributed by atoms with van der Waals surface area (Å²) in [5, 5.41) is 5.78. The lowest BCUT2D eigenvalue weighted by atomic mass is 10.4. The van der Waals surface area contributed by atoms with Gasteiger partial charge in [-0.2, -0.15) is 5.10 Å². The molecule has 0 aromatic carbocycles. The fourth-order valence-electron chi connectivity index (χ4n) is 2.19. The number of furan rings is 1. The maximum atomic E-state index is 11.7. The molecule has 0 radical (unpaired) electrons. The number of halogens is 1. The van der Waals surface area contributed by atoms with E-state index in [1.54, 1.807) is 6.07 Å². The van der Waals surface area contributed by atoms with Crippen molar-refractivity contribution in [2.24, 2.45) is 5.10 Å². The second-order valence-electron chi connectivity index (χ2n) is 4.67. The van der Waals surface area contributed by atoms with Gasteiger partial charge in [0.05, 0.1) is 15.6 Å². The van der Waals surface area contributed by atoms with Crippen LogP contribution in [0.4, 0.5) is 5.88 Å². The molecule has 0 unspecified atom stereocenters. The summed E-state index contributed by atoms with van der Waals surface area (Å²) in [5.74, 6) is 1.22. The Balaban J connectivity index is 1.63. The first-order chi connectivity index (χ1) is 10.2. The van der Waals surface area contributed by atoms with E-state index < -0.39 is 0 Å². The average molecular weight is 368 g/mol. The number of rotatable bonds is 4. The molecule has 1 fully saturated rings. The van der Waals surface area contributed by atoms with Gasteiger partial charge in [-0.3, -0.25) is 4.79 Å². The molecule has 3 rings (SSSR count). The molecular weight excluding hydrogens is 354 g/mol. The number of thiophene rings is 1. The van der Waals surface area contributed by atoms with Gasteiger partial charge in [-0.15, -0.1) is 11.3 Å². The number of carbonyl (C=O) groups excluding carboxylic acids is 1. The Hall–Kier alpha value is -1.60. The number of anilines is 1. The van der Waals surface area contributed by atoms with Gasteiger partial charge in [0.1, 0.15) is 0 Å².